The molecule has 0 saturated heterocycles. The van der Waals surface area contributed by atoms with Crippen LogP contribution in [0.1, 0.15) is 22.8 Å². The molecule has 0 radical (unpaired) electrons. The van der Waals surface area contributed by atoms with Crippen LogP contribution in [0.15, 0.2) is 28.7 Å². The number of rotatable bonds is 2. The van der Waals surface area contributed by atoms with E-state index in [1.807, 2.05) is 0 Å². The molecule has 6 heteroatoms. The molecule has 106 valence electrons. The van der Waals surface area contributed by atoms with E-state index in [9.17, 15) is 22.7 Å². The van der Waals surface area contributed by atoms with Gasteiger partial charge < -0.3 is 5.11 Å². The van der Waals surface area contributed by atoms with Crippen molar-refractivity contribution in [2.24, 2.45) is 0 Å². The van der Waals surface area contributed by atoms with E-state index in [2.05, 4.69) is 15.9 Å². The maximum atomic E-state index is 13.9. The van der Waals surface area contributed by atoms with Gasteiger partial charge in [-0.3, -0.25) is 0 Å². The highest BCUT2D eigenvalue weighted by Crippen LogP contribution is 2.32. The maximum Gasteiger partial charge on any atom is 0.135 e. The first-order valence-corrected chi connectivity index (χ1v) is 6.39. The van der Waals surface area contributed by atoms with E-state index >= 15 is 0 Å². The third-order valence-corrected chi connectivity index (χ3v) is 3.37. The molecule has 0 fully saturated rings. The average Bonchev–Trinajstić information content (AvgIpc) is 2.33. The van der Waals surface area contributed by atoms with Crippen LogP contribution in [0.4, 0.5) is 17.6 Å². The van der Waals surface area contributed by atoms with Gasteiger partial charge in [-0.2, -0.15) is 0 Å². The van der Waals surface area contributed by atoms with Crippen molar-refractivity contribution in [3.63, 3.8) is 0 Å². The summed E-state index contributed by atoms with van der Waals surface area (Å²) in [5.41, 5.74) is -1.50. The number of benzene rings is 2. The van der Waals surface area contributed by atoms with Crippen molar-refractivity contribution >= 4 is 15.9 Å². The van der Waals surface area contributed by atoms with Gasteiger partial charge in [0, 0.05) is 4.47 Å². The normalized spacial score (nSPS) is 12.6. The Morgan fingerprint density at radius 2 is 1.50 bits per heavy atom. The number of aliphatic hydroxyl groups excluding tert-OH is 1. The van der Waals surface area contributed by atoms with Crippen LogP contribution in [-0.2, 0) is 0 Å². The Hall–Kier alpha value is -1.40. The molecule has 2 aromatic rings. The van der Waals surface area contributed by atoms with Crippen molar-refractivity contribution in [3.8, 4) is 0 Å². The summed E-state index contributed by atoms with van der Waals surface area (Å²) in [6.07, 6.45) is -2.07. The lowest BCUT2D eigenvalue weighted by Gasteiger charge is -2.16. The van der Waals surface area contributed by atoms with Crippen molar-refractivity contribution in [1.82, 2.24) is 0 Å². The molecular weight excluding hydrogens is 340 g/mol. The van der Waals surface area contributed by atoms with Gasteiger partial charge in [0.15, 0.2) is 0 Å². The summed E-state index contributed by atoms with van der Waals surface area (Å²) in [5, 5.41) is 9.96. The summed E-state index contributed by atoms with van der Waals surface area (Å²) in [6.45, 7) is 1.36. The van der Waals surface area contributed by atoms with Gasteiger partial charge in [-0.05, 0) is 30.7 Å². The minimum Gasteiger partial charge on any atom is -0.383 e. The lowest BCUT2D eigenvalue weighted by atomic mass is 9.97. The zero-order valence-electron chi connectivity index (χ0n) is 10.2. The van der Waals surface area contributed by atoms with Crippen LogP contribution in [0.25, 0.3) is 0 Å². The summed E-state index contributed by atoms with van der Waals surface area (Å²) < 4.78 is 55.1. The SMILES string of the molecule is Cc1ccc(F)c(C(O)c2c(F)cc(Br)cc2F)c1F. The highest BCUT2D eigenvalue weighted by atomic mass is 79.9. The third kappa shape index (κ3) is 2.58. The molecule has 2 aromatic carbocycles. The summed E-state index contributed by atoms with van der Waals surface area (Å²) >= 11 is 2.88. The first-order chi connectivity index (χ1) is 9.32. The molecule has 0 amide bonds. The second-order valence-electron chi connectivity index (χ2n) is 4.28. The van der Waals surface area contributed by atoms with Crippen LogP contribution in [0.3, 0.4) is 0 Å². The lowest BCUT2D eigenvalue weighted by molar-refractivity contribution is 0.198. The Morgan fingerprint density at radius 3 is 2.05 bits per heavy atom. The summed E-state index contributed by atoms with van der Waals surface area (Å²) in [6, 6.07) is 3.93. The molecule has 0 spiro atoms. The minimum absolute atomic E-state index is 0.0679. The van der Waals surface area contributed by atoms with E-state index < -0.39 is 40.5 Å². The maximum absolute atomic E-state index is 13.9. The van der Waals surface area contributed by atoms with Gasteiger partial charge >= 0.3 is 0 Å². The molecule has 0 aliphatic heterocycles. The molecule has 1 atom stereocenters. The van der Waals surface area contributed by atoms with Crippen LogP contribution < -0.4 is 0 Å². The lowest BCUT2D eigenvalue weighted by Crippen LogP contribution is -2.11. The fourth-order valence-electron chi connectivity index (χ4n) is 1.89. The molecule has 20 heavy (non-hydrogen) atoms. The number of aliphatic hydroxyl groups is 1. The van der Waals surface area contributed by atoms with Gasteiger partial charge in [0.2, 0.25) is 0 Å². The average molecular weight is 349 g/mol. The molecule has 0 heterocycles. The van der Waals surface area contributed by atoms with Gasteiger partial charge in [-0.15, -0.1) is 0 Å². The molecule has 0 saturated carbocycles. The van der Waals surface area contributed by atoms with E-state index in [1.165, 1.54) is 13.0 Å². The molecule has 0 bridgehead atoms. The van der Waals surface area contributed by atoms with Crippen molar-refractivity contribution in [2.75, 3.05) is 0 Å². The van der Waals surface area contributed by atoms with E-state index in [0.717, 1.165) is 18.2 Å². The minimum atomic E-state index is -2.07. The van der Waals surface area contributed by atoms with Gasteiger partial charge in [0.1, 0.15) is 29.4 Å². The number of hydrogen-bond donors (Lipinski definition) is 1. The van der Waals surface area contributed by atoms with Crippen molar-refractivity contribution in [3.05, 3.63) is 68.7 Å². The number of aryl methyl sites for hydroxylation is 1. The van der Waals surface area contributed by atoms with Crippen LogP contribution in [0, 0.1) is 30.2 Å². The first kappa shape index (κ1) is 15.0. The Labute approximate surface area is 121 Å². The summed E-state index contributed by atoms with van der Waals surface area (Å²) in [5.74, 6) is -4.28. The van der Waals surface area contributed by atoms with Crippen molar-refractivity contribution in [1.29, 1.82) is 0 Å². The predicted molar refractivity (Wildman–Crippen MR) is 69.2 cm³/mol. The fraction of sp³-hybridized carbons (Fsp3) is 0.143. The van der Waals surface area contributed by atoms with E-state index in [4.69, 9.17) is 0 Å². The fourth-order valence-corrected chi connectivity index (χ4v) is 2.29. The van der Waals surface area contributed by atoms with E-state index in [0.29, 0.717) is 0 Å². The third-order valence-electron chi connectivity index (χ3n) is 2.91. The Balaban J connectivity index is 2.64. The smallest absolute Gasteiger partial charge is 0.135 e. The van der Waals surface area contributed by atoms with Gasteiger partial charge in [0.05, 0.1) is 11.1 Å². The molecule has 1 N–H and O–H groups in total. The van der Waals surface area contributed by atoms with Gasteiger partial charge in [-0.25, -0.2) is 17.6 Å². The van der Waals surface area contributed by atoms with Crippen LogP contribution >= 0.6 is 15.9 Å². The van der Waals surface area contributed by atoms with E-state index in [1.54, 1.807) is 0 Å². The largest absolute Gasteiger partial charge is 0.383 e. The Morgan fingerprint density at radius 1 is 0.950 bits per heavy atom. The molecular formula is C14H9BrF4O. The second-order valence-corrected chi connectivity index (χ2v) is 5.19. The highest BCUT2D eigenvalue weighted by molar-refractivity contribution is 9.10. The van der Waals surface area contributed by atoms with Crippen molar-refractivity contribution < 1.29 is 22.7 Å². The Kier molecular flexibility index (Phi) is 4.15. The molecule has 1 unspecified atom stereocenters. The first-order valence-electron chi connectivity index (χ1n) is 5.60. The number of hydrogen-bond acceptors (Lipinski definition) is 1. The molecule has 0 aliphatic rings. The monoisotopic (exact) mass is 348 g/mol. The van der Waals surface area contributed by atoms with Crippen molar-refractivity contribution in [2.45, 2.75) is 13.0 Å². The second kappa shape index (κ2) is 5.54. The zero-order chi connectivity index (χ0) is 15.0. The van der Waals surface area contributed by atoms with Gasteiger partial charge in [-0.1, -0.05) is 22.0 Å². The molecule has 0 aliphatic carbocycles. The zero-order valence-corrected chi connectivity index (χ0v) is 11.8. The number of halogens is 5. The topological polar surface area (TPSA) is 20.2 Å². The highest BCUT2D eigenvalue weighted by Gasteiger charge is 2.26. The van der Waals surface area contributed by atoms with Crippen LogP contribution in [0.5, 0.6) is 0 Å². The predicted octanol–water partition coefficient (Wildman–Crippen LogP) is 4.40. The quantitative estimate of drug-likeness (QED) is 0.797. The summed E-state index contributed by atoms with van der Waals surface area (Å²) in [7, 11) is 0. The van der Waals surface area contributed by atoms with E-state index in [-0.39, 0.29) is 10.0 Å². The van der Waals surface area contributed by atoms with Gasteiger partial charge in [0.25, 0.3) is 0 Å². The summed E-state index contributed by atoms with van der Waals surface area (Å²) in [4.78, 5) is 0. The van der Waals surface area contributed by atoms with Crippen LogP contribution in [0.2, 0.25) is 0 Å². The molecule has 1 nitrogen and oxygen atoms in total. The molecule has 2 rings (SSSR count). The standard InChI is InChI=1S/C14H9BrF4O/c1-6-2-3-8(16)12(13(6)19)14(20)11-9(17)4-7(15)5-10(11)18/h2-5,14,20H,1H3. The van der Waals surface area contributed by atoms with Crippen LogP contribution in [-0.4, -0.2) is 5.11 Å². The Bertz CT molecular complexity index is 649. The molecule has 0 aromatic heterocycles.